The summed E-state index contributed by atoms with van der Waals surface area (Å²) in [6, 6.07) is 7.65. The molecule has 0 spiro atoms. The van der Waals surface area contributed by atoms with Gasteiger partial charge in [0.25, 0.3) is 0 Å². The van der Waals surface area contributed by atoms with Crippen LogP contribution in [0.15, 0.2) is 24.3 Å². The molecule has 0 bridgehead atoms. The third kappa shape index (κ3) is 5.43. The summed E-state index contributed by atoms with van der Waals surface area (Å²) >= 11 is 0. The highest BCUT2D eigenvalue weighted by atomic mass is 16.5. The normalized spacial score (nSPS) is 15.0. The summed E-state index contributed by atoms with van der Waals surface area (Å²) in [4.78, 5) is 13.9. The third-order valence-electron chi connectivity index (χ3n) is 4.00. The van der Waals surface area contributed by atoms with Crippen molar-refractivity contribution in [2.24, 2.45) is 0 Å². The number of ether oxygens (including phenoxy) is 1. The van der Waals surface area contributed by atoms with Crippen LogP contribution in [0.5, 0.6) is 5.75 Å². The Morgan fingerprint density at radius 2 is 2.09 bits per heavy atom. The average molecular weight is 320 g/mol. The first-order valence-electron chi connectivity index (χ1n) is 8.39. The first-order chi connectivity index (χ1) is 10.9. The van der Waals surface area contributed by atoms with Gasteiger partial charge in [0, 0.05) is 18.7 Å². The van der Waals surface area contributed by atoms with Crippen LogP contribution in [0.25, 0.3) is 0 Å². The van der Waals surface area contributed by atoms with Gasteiger partial charge < -0.3 is 20.1 Å². The number of para-hydroxylation sites is 1. The Hall–Kier alpha value is -1.75. The van der Waals surface area contributed by atoms with Gasteiger partial charge in [-0.25, -0.2) is 4.79 Å². The minimum Gasteiger partial charge on any atom is -0.490 e. The Balaban J connectivity index is 1.92. The molecule has 5 heteroatoms. The smallest absolute Gasteiger partial charge is 0.317 e. The fourth-order valence-corrected chi connectivity index (χ4v) is 2.51. The summed E-state index contributed by atoms with van der Waals surface area (Å²) in [7, 11) is 0. The van der Waals surface area contributed by atoms with Gasteiger partial charge in [-0.1, -0.05) is 18.2 Å². The van der Waals surface area contributed by atoms with Crippen molar-refractivity contribution in [2.75, 3.05) is 13.1 Å². The molecular weight excluding hydrogens is 292 g/mol. The number of hydrogen-bond donors (Lipinski definition) is 2. The van der Waals surface area contributed by atoms with E-state index in [2.05, 4.69) is 5.32 Å². The van der Waals surface area contributed by atoms with E-state index in [0.717, 1.165) is 24.2 Å². The van der Waals surface area contributed by atoms with Crippen molar-refractivity contribution >= 4 is 6.03 Å². The molecular formula is C18H28N2O3. The van der Waals surface area contributed by atoms with E-state index >= 15 is 0 Å². The molecule has 0 radical (unpaired) electrons. The van der Waals surface area contributed by atoms with E-state index in [-0.39, 0.29) is 6.03 Å². The molecule has 1 fully saturated rings. The maximum Gasteiger partial charge on any atom is 0.317 e. The highest BCUT2D eigenvalue weighted by molar-refractivity contribution is 5.74. The van der Waals surface area contributed by atoms with Gasteiger partial charge in [-0.3, -0.25) is 0 Å². The monoisotopic (exact) mass is 320 g/mol. The molecule has 128 valence electrons. The Morgan fingerprint density at radius 3 is 2.65 bits per heavy atom. The molecule has 1 aliphatic carbocycles. The Bertz CT molecular complexity index is 521. The quantitative estimate of drug-likeness (QED) is 0.812. The van der Waals surface area contributed by atoms with E-state index in [9.17, 15) is 9.90 Å². The molecule has 0 aliphatic heterocycles. The second-order valence-electron chi connectivity index (χ2n) is 6.76. The van der Waals surface area contributed by atoms with Gasteiger partial charge in [-0.05, 0) is 46.1 Å². The zero-order valence-electron chi connectivity index (χ0n) is 14.3. The number of nitrogens with zero attached hydrogens (tertiary/aromatic N) is 1. The first kappa shape index (κ1) is 17.6. The molecule has 1 aliphatic rings. The van der Waals surface area contributed by atoms with Crippen molar-refractivity contribution in [1.82, 2.24) is 10.2 Å². The predicted octanol–water partition coefficient (Wildman–Crippen LogP) is 2.92. The lowest BCUT2D eigenvalue weighted by molar-refractivity contribution is 0.0479. The Labute approximate surface area is 138 Å². The number of aliphatic hydroxyl groups is 1. The van der Waals surface area contributed by atoms with Gasteiger partial charge >= 0.3 is 6.03 Å². The maximum absolute atomic E-state index is 12.3. The van der Waals surface area contributed by atoms with Gasteiger partial charge in [-0.2, -0.15) is 0 Å². The van der Waals surface area contributed by atoms with E-state index in [1.54, 1.807) is 18.7 Å². The zero-order chi connectivity index (χ0) is 16.9. The number of rotatable bonds is 7. The highest BCUT2D eigenvalue weighted by Crippen LogP contribution is 2.27. The van der Waals surface area contributed by atoms with Crippen molar-refractivity contribution in [3.8, 4) is 5.75 Å². The molecule has 1 aromatic rings. The van der Waals surface area contributed by atoms with Crippen LogP contribution in [0.1, 0.15) is 45.6 Å². The van der Waals surface area contributed by atoms with Crippen LogP contribution in [0.4, 0.5) is 4.79 Å². The molecule has 0 unspecified atom stereocenters. The van der Waals surface area contributed by atoms with Crippen LogP contribution < -0.4 is 10.1 Å². The SMILES string of the molecule is CCN(CC(C)(C)O)C(=O)NCc1ccccc1OC1CCC1. The summed E-state index contributed by atoms with van der Waals surface area (Å²) in [6.07, 6.45) is 3.76. The number of amides is 2. The minimum atomic E-state index is -0.904. The second-order valence-corrected chi connectivity index (χ2v) is 6.76. The summed E-state index contributed by atoms with van der Waals surface area (Å²) < 4.78 is 5.98. The first-order valence-corrected chi connectivity index (χ1v) is 8.39. The van der Waals surface area contributed by atoms with Crippen molar-refractivity contribution < 1.29 is 14.6 Å². The average Bonchev–Trinajstić information content (AvgIpc) is 2.46. The molecule has 1 aromatic carbocycles. The molecule has 0 atom stereocenters. The zero-order valence-corrected chi connectivity index (χ0v) is 14.3. The van der Waals surface area contributed by atoms with E-state index in [0.29, 0.717) is 25.7 Å². The molecule has 23 heavy (non-hydrogen) atoms. The number of carbonyl (C=O) groups excluding carboxylic acids is 1. The summed E-state index contributed by atoms with van der Waals surface area (Å²) in [5.74, 6) is 0.850. The standard InChI is InChI=1S/C18H28N2O3/c1-4-20(13-18(2,3)22)17(21)19-12-14-8-5-6-11-16(14)23-15-9-7-10-15/h5-6,8,11,15,22H,4,7,9-10,12-13H2,1-3H3,(H,19,21). The fraction of sp³-hybridized carbons (Fsp3) is 0.611. The van der Waals surface area contributed by atoms with Crippen LogP contribution in [0.2, 0.25) is 0 Å². The Morgan fingerprint density at radius 1 is 1.39 bits per heavy atom. The van der Waals surface area contributed by atoms with Gasteiger partial charge in [0.05, 0.1) is 18.2 Å². The number of nitrogens with one attached hydrogen (secondary N) is 1. The van der Waals surface area contributed by atoms with Crippen molar-refractivity contribution in [2.45, 2.75) is 58.3 Å². The molecule has 2 rings (SSSR count). The molecule has 0 aromatic heterocycles. The summed E-state index contributed by atoms with van der Waals surface area (Å²) in [5.41, 5.74) is 0.0746. The van der Waals surface area contributed by atoms with Crippen molar-refractivity contribution in [3.63, 3.8) is 0 Å². The van der Waals surface area contributed by atoms with E-state index in [1.807, 2.05) is 31.2 Å². The lowest BCUT2D eigenvalue weighted by Gasteiger charge is -2.29. The number of carbonyl (C=O) groups is 1. The number of urea groups is 1. The summed E-state index contributed by atoms with van der Waals surface area (Å²) in [6.45, 7) is 6.57. The lowest BCUT2D eigenvalue weighted by atomic mass is 9.96. The van der Waals surface area contributed by atoms with Crippen LogP contribution in [-0.4, -0.2) is 40.8 Å². The van der Waals surface area contributed by atoms with Crippen LogP contribution in [0, 0.1) is 0 Å². The number of benzene rings is 1. The van der Waals surface area contributed by atoms with Crippen molar-refractivity contribution in [3.05, 3.63) is 29.8 Å². The molecule has 2 amide bonds. The van der Waals surface area contributed by atoms with E-state index < -0.39 is 5.60 Å². The van der Waals surface area contributed by atoms with Gasteiger partial charge in [0.1, 0.15) is 5.75 Å². The van der Waals surface area contributed by atoms with Crippen molar-refractivity contribution in [1.29, 1.82) is 0 Å². The summed E-state index contributed by atoms with van der Waals surface area (Å²) in [5, 5.41) is 12.8. The van der Waals surface area contributed by atoms with Crippen LogP contribution in [-0.2, 0) is 6.54 Å². The highest BCUT2D eigenvalue weighted by Gasteiger charge is 2.22. The van der Waals surface area contributed by atoms with E-state index in [1.165, 1.54) is 6.42 Å². The Kier molecular flexibility index (Phi) is 5.88. The fourth-order valence-electron chi connectivity index (χ4n) is 2.51. The minimum absolute atomic E-state index is 0.173. The largest absolute Gasteiger partial charge is 0.490 e. The van der Waals surface area contributed by atoms with Gasteiger partial charge in [-0.15, -0.1) is 0 Å². The molecule has 0 heterocycles. The van der Waals surface area contributed by atoms with Crippen LogP contribution >= 0.6 is 0 Å². The third-order valence-corrected chi connectivity index (χ3v) is 4.00. The molecule has 5 nitrogen and oxygen atoms in total. The number of hydrogen-bond acceptors (Lipinski definition) is 3. The molecule has 1 saturated carbocycles. The predicted molar refractivity (Wildman–Crippen MR) is 90.5 cm³/mol. The number of likely N-dealkylation sites (N-methyl/N-ethyl adjacent to an activating group) is 1. The topological polar surface area (TPSA) is 61.8 Å². The van der Waals surface area contributed by atoms with Gasteiger partial charge in [0.2, 0.25) is 0 Å². The maximum atomic E-state index is 12.3. The molecule has 0 saturated heterocycles. The lowest BCUT2D eigenvalue weighted by Crippen LogP contribution is -2.46. The second kappa shape index (κ2) is 7.68. The molecule has 2 N–H and O–H groups in total. The van der Waals surface area contributed by atoms with E-state index in [4.69, 9.17) is 4.74 Å². The van der Waals surface area contributed by atoms with Gasteiger partial charge in [0.15, 0.2) is 0 Å². The van der Waals surface area contributed by atoms with Crippen LogP contribution in [0.3, 0.4) is 0 Å².